The van der Waals surface area contributed by atoms with Gasteiger partial charge in [0.1, 0.15) is 6.10 Å². The van der Waals surface area contributed by atoms with Crippen molar-refractivity contribution in [2.75, 3.05) is 6.54 Å². The number of H-pyrrole nitrogens is 1. The zero-order valence-electron chi connectivity index (χ0n) is 13.3. The Kier molecular flexibility index (Phi) is 4.64. The van der Waals surface area contributed by atoms with Crippen LogP contribution in [0.4, 0.5) is 0 Å². The summed E-state index contributed by atoms with van der Waals surface area (Å²) in [5.74, 6) is -0.753. The average molecular weight is 323 g/mol. The van der Waals surface area contributed by atoms with Crippen LogP contribution in [-0.2, 0) is 11.2 Å². The van der Waals surface area contributed by atoms with Crippen molar-refractivity contribution < 1.29 is 9.90 Å². The molecule has 0 radical (unpaired) electrons. The second-order valence-electron chi connectivity index (χ2n) is 6.01. The minimum Gasteiger partial charge on any atom is -0.384 e. The molecule has 2 atom stereocenters. The number of rotatable bonds is 6. The molecule has 1 heterocycles. The molecule has 6 N–H and O–H groups in total. The third kappa shape index (κ3) is 3.32. The standard InChI is InChI=1S/C19H21N3O2/c20-11-16(19(21)24)9-12-1-3-14(4-2-12)18(23)15-6-5-13-7-8-22-17(13)10-15/h1-8,10,16,18,22-23H,9,11,20H2,(H2,21,24)/t16-,18?/m0/s1. The van der Waals surface area contributed by atoms with Gasteiger partial charge < -0.3 is 21.6 Å². The Labute approximate surface area is 140 Å². The van der Waals surface area contributed by atoms with E-state index in [-0.39, 0.29) is 18.4 Å². The molecule has 0 aliphatic rings. The minimum absolute atomic E-state index is 0.232. The van der Waals surface area contributed by atoms with Gasteiger partial charge in [-0.05, 0) is 40.6 Å². The van der Waals surface area contributed by atoms with Crippen molar-refractivity contribution in [2.24, 2.45) is 17.4 Å². The molecule has 0 bridgehead atoms. The molecule has 0 saturated heterocycles. The van der Waals surface area contributed by atoms with Crippen LogP contribution in [0.3, 0.4) is 0 Å². The highest BCUT2D eigenvalue weighted by molar-refractivity contribution is 5.80. The normalized spacial score (nSPS) is 13.8. The predicted molar refractivity (Wildman–Crippen MR) is 94.2 cm³/mol. The van der Waals surface area contributed by atoms with Crippen molar-refractivity contribution in [3.05, 3.63) is 71.4 Å². The lowest BCUT2D eigenvalue weighted by Crippen LogP contribution is -2.31. The van der Waals surface area contributed by atoms with E-state index in [0.717, 1.165) is 27.6 Å². The molecule has 3 rings (SSSR count). The number of nitrogens with one attached hydrogen (secondary N) is 1. The summed E-state index contributed by atoms with van der Waals surface area (Å²) >= 11 is 0. The first kappa shape index (κ1) is 16.2. The van der Waals surface area contributed by atoms with Crippen LogP contribution in [-0.4, -0.2) is 22.5 Å². The molecule has 0 spiro atoms. The minimum atomic E-state index is -0.701. The van der Waals surface area contributed by atoms with E-state index in [2.05, 4.69) is 4.98 Å². The number of aromatic amines is 1. The molecule has 0 fully saturated rings. The first-order valence-corrected chi connectivity index (χ1v) is 7.92. The molecule has 0 aliphatic carbocycles. The Hall–Kier alpha value is -2.63. The molecule has 124 valence electrons. The van der Waals surface area contributed by atoms with Gasteiger partial charge in [-0.1, -0.05) is 36.4 Å². The second-order valence-corrected chi connectivity index (χ2v) is 6.01. The monoisotopic (exact) mass is 323 g/mol. The zero-order chi connectivity index (χ0) is 17.1. The summed E-state index contributed by atoms with van der Waals surface area (Å²) in [4.78, 5) is 14.4. The number of hydrogen-bond acceptors (Lipinski definition) is 3. The van der Waals surface area contributed by atoms with Crippen molar-refractivity contribution >= 4 is 16.8 Å². The molecule has 5 heteroatoms. The van der Waals surface area contributed by atoms with Gasteiger partial charge in [0.25, 0.3) is 0 Å². The van der Waals surface area contributed by atoms with Crippen LogP contribution in [0.2, 0.25) is 0 Å². The molecule has 0 saturated carbocycles. The number of aromatic nitrogens is 1. The van der Waals surface area contributed by atoms with Crippen LogP contribution in [0.15, 0.2) is 54.7 Å². The third-order valence-electron chi connectivity index (χ3n) is 4.36. The fraction of sp³-hybridized carbons (Fsp3) is 0.211. The summed E-state index contributed by atoms with van der Waals surface area (Å²) in [6.07, 6.45) is 1.69. The first-order chi connectivity index (χ1) is 11.6. The van der Waals surface area contributed by atoms with E-state index in [1.165, 1.54) is 0 Å². The van der Waals surface area contributed by atoms with Crippen molar-refractivity contribution in [2.45, 2.75) is 12.5 Å². The van der Waals surface area contributed by atoms with E-state index in [1.54, 1.807) is 0 Å². The number of primary amides is 1. The number of amides is 1. The Morgan fingerprint density at radius 3 is 2.46 bits per heavy atom. The molecule has 1 aromatic heterocycles. The van der Waals surface area contributed by atoms with Crippen molar-refractivity contribution in [1.29, 1.82) is 0 Å². The number of benzene rings is 2. The maximum Gasteiger partial charge on any atom is 0.222 e. The number of fused-ring (bicyclic) bond motifs is 1. The van der Waals surface area contributed by atoms with Gasteiger partial charge in [0.2, 0.25) is 5.91 Å². The third-order valence-corrected chi connectivity index (χ3v) is 4.36. The lowest BCUT2D eigenvalue weighted by molar-refractivity contribution is -0.121. The fourth-order valence-corrected chi connectivity index (χ4v) is 2.85. The van der Waals surface area contributed by atoms with Gasteiger partial charge in [-0.3, -0.25) is 4.79 Å². The van der Waals surface area contributed by atoms with Gasteiger partial charge in [-0.25, -0.2) is 0 Å². The van der Waals surface area contributed by atoms with Crippen LogP contribution in [0.1, 0.15) is 22.8 Å². The number of carbonyl (C=O) groups is 1. The number of hydrogen-bond donors (Lipinski definition) is 4. The molecule has 5 nitrogen and oxygen atoms in total. The summed E-state index contributed by atoms with van der Waals surface area (Å²) in [5.41, 5.74) is 14.5. The zero-order valence-corrected chi connectivity index (χ0v) is 13.3. The topological polar surface area (TPSA) is 105 Å². The van der Waals surface area contributed by atoms with E-state index in [1.807, 2.05) is 54.7 Å². The van der Waals surface area contributed by atoms with E-state index >= 15 is 0 Å². The van der Waals surface area contributed by atoms with E-state index in [0.29, 0.717) is 6.42 Å². The molecule has 3 aromatic rings. The lowest BCUT2D eigenvalue weighted by Gasteiger charge is -2.14. The largest absolute Gasteiger partial charge is 0.384 e. The summed E-state index contributed by atoms with van der Waals surface area (Å²) in [5, 5.41) is 11.7. The number of nitrogens with two attached hydrogens (primary N) is 2. The average Bonchev–Trinajstić information content (AvgIpc) is 3.07. The highest BCUT2D eigenvalue weighted by Gasteiger charge is 2.15. The fourth-order valence-electron chi connectivity index (χ4n) is 2.85. The molecule has 24 heavy (non-hydrogen) atoms. The summed E-state index contributed by atoms with van der Waals surface area (Å²) in [6.45, 7) is 0.232. The van der Waals surface area contributed by atoms with Crippen LogP contribution in [0, 0.1) is 5.92 Å². The molecular formula is C19H21N3O2. The van der Waals surface area contributed by atoms with Crippen molar-refractivity contribution in [1.82, 2.24) is 4.98 Å². The van der Waals surface area contributed by atoms with Gasteiger partial charge in [-0.15, -0.1) is 0 Å². The van der Waals surface area contributed by atoms with Crippen LogP contribution >= 0.6 is 0 Å². The summed E-state index contributed by atoms with van der Waals surface area (Å²) in [7, 11) is 0. The van der Waals surface area contributed by atoms with Crippen LogP contribution in [0.5, 0.6) is 0 Å². The Morgan fingerprint density at radius 1 is 1.08 bits per heavy atom. The Bertz CT molecular complexity index is 839. The first-order valence-electron chi connectivity index (χ1n) is 7.92. The number of aliphatic hydroxyl groups excluding tert-OH is 1. The SMILES string of the molecule is NC[C@H](Cc1ccc(C(O)c2ccc3cc[nH]c3c2)cc1)C(N)=O. The predicted octanol–water partition coefficient (Wildman–Crippen LogP) is 1.85. The van der Waals surface area contributed by atoms with Crippen LogP contribution in [0.25, 0.3) is 10.9 Å². The maximum atomic E-state index is 11.3. The smallest absolute Gasteiger partial charge is 0.222 e. The molecule has 2 aromatic carbocycles. The van der Waals surface area contributed by atoms with Crippen molar-refractivity contribution in [3.63, 3.8) is 0 Å². The van der Waals surface area contributed by atoms with E-state index < -0.39 is 6.10 Å². The molecule has 1 unspecified atom stereocenters. The van der Waals surface area contributed by atoms with E-state index in [9.17, 15) is 9.90 Å². The van der Waals surface area contributed by atoms with Gasteiger partial charge >= 0.3 is 0 Å². The van der Waals surface area contributed by atoms with Gasteiger partial charge in [0.15, 0.2) is 0 Å². The van der Waals surface area contributed by atoms with Crippen molar-refractivity contribution in [3.8, 4) is 0 Å². The second kappa shape index (κ2) is 6.86. The highest BCUT2D eigenvalue weighted by Crippen LogP contribution is 2.25. The lowest BCUT2D eigenvalue weighted by atomic mass is 9.95. The molecular weight excluding hydrogens is 302 g/mol. The summed E-state index contributed by atoms with van der Waals surface area (Å²) in [6, 6.07) is 15.4. The van der Waals surface area contributed by atoms with Gasteiger partial charge in [0.05, 0.1) is 5.92 Å². The maximum absolute atomic E-state index is 11.3. The van der Waals surface area contributed by atoms with Gasteiger partial charge in [-0.2, -0.15) is 0 Å². The Balaban J connectivity index is 1.78. The molecule has 1 amide bonds. The number of carbonyl (C=O) groups excluding carboxylic acids is 1. The number of aliphatic hydroxyl groups is 1. The Morgan fingerprint density at radius 2 is 1.79 bits per heavy atom. The quantitative estimate of drug-likeness (QED) is 0.556. The summed E-state index contributed by atoms with van der Waals surface area (Å²) < 4.78 is 0. The molecule has 0 aliphatic heterocycles. The highest BCUT2D eigenvalue weighted by atomic mass is 16.3. The van der Waals surface area contributed by atoms with Gasteiger partial charge in [0, 0.05) is 18.3 Å². The van der Waals surface area contributed by atoms with Crippen LogP contribution < -0.4 is 11.5 Å². The van der Waals surface area contributed by atoms with E-state index in [4.69, 9.17) is 11.5 Å².